The number of amides is 3. The molecule has 1 aromatic heterocycles. The van der Waals surface area contributed by atoms with Gasteiger partial charge in [-0.2, -0.15) is 0 Å². The number of morpholine rings is 1. The first kappa shape index (κ1) is 27.7. The van der Waals surface area contributed by atoms with Gasteiger partial charge in [-0.15, -0.1) is 0 Å². The molecule has 0 spiro atoms. The molecule has 3 atom stereocenters. The van der Waals surface area contributed by atoms with Gasteiger partial charge in [0.2, 0.25) is 17.7 Å². The quantitative estimate of drug-likeness (QED) is 0.389. The number of nitrogens with zero attached hydrogens (tertiary/aromatic N) is 4. The minimum Gasteiger partial charge on any atom is -0.378 e. The number of hydrogen-bond donors (Lipinski definition) is 0. The van der Waals surface area contributed by atoms with Crippen molar-refractivity contribution in [1.29, 1.82) is 0 Å². The lowest BCUT2D eigenvalue weighted by Gasteiger charge is -2.31. The Bertz CT molecular complexity index is 1510. The number of thioether (sulfide) groups is 1. The van der Waals surface area contributed by atoms with E-state index in [1.54, 1.807) is 29.2 Å². The third kappa shape index (κ3) is 4.89. The van der Waals surface area contributed by atoms with Gasteiger partial charge in [-0.05, 0) is 43.7 Å². The molecule has 0 unspecified atom stereocenters. The lowest BCUT2D eigenvalue weighted by Crippen LogP contribution is -2.43. The summed E-state index contributed by atoms with van der Waals surface area (Å²) in [5.74, 6) is -1.86. The molecule has 11 heteroatoms. The highest BCUT2D eigenvalue weighted by Crippen LogP contribution is 2.54. The fraction of sp³-hybridized carbons (Fsp3) is 0.400. The van der Waals surface area contributed by atoms with Gasteiger partial charge in [-0.25, -0.2) is 4.90 Å². The number of fused-ring (bicyclic) bond motifs is 2. The van der Waals surface area contributed by atoms with Crippen molar-refractivity contribution in [3.63, 3.8) is 0 Å². The highest BCUT2D eigenvalue weighted by molar-refractivity contribution is 8.00. The molecular formula is C30H32N4O5S2. The monoisotopic (exact) mass is 592 g/mol. The Morgan fingerprint density at radius 2 is 1.63 bits per heavy atom. The summed E-state index contributed by atoms with van der Waals surface area (Å²) in [4.78, 5) is 60.1. The van der Waals surface area contributed by atoms with Gasteiger partial charge in [0.05, 0.1) is 29.8 Å². The molecule has 4 heterocycles. The first-order chi connectivity index (χ1) is 19.9. The lowest BCUT2D eigenvalue weighted by atomic mass is 9.83. The number of rotatable bonds is 7. The van der Waals surface area contributed by atoms with Crippen LogP contribution in [0, 0.1) is 5.92 Å². The van der Waals surface area contributed by atoms with Crippen LogP contribution in [0.15, 0.2) is 64.4 Å². The Balaban J connectivity index is 1.43. The number of thiazole rings is 1. The van der Waals surface area contributed by atoms with E-state index in [-0.39, 0.29) is 29.1 Å². The average molecular weight is 593 g/mol. The fourth-order valence-electron chi connectivity index (χ4n) is 5.98. The fourth-order valence-corrected chi connectivity index (χ4v) is 8.75. The van der Waals surface area contributed by atoms with Crippen LogP contribution in [0.25, 0.3) is 0 Å². The molecule has 0 aliphatic carbocycles. The predicted octanol–water partition coefficient (Wildman–Crippen LogP) is 3.41. The zero-order chi connectivity index (χ0) is 28.7. The van der Waals surface area contributed by atoms with Crippen LogP contribution >= 0.6 is 23.1 Å². The van der Waals surface area contributed by atoms with Crippen LogP contribution in [0.3, 0.4) is 0 Å². The van der Waals surface area contributed by atoms with E-state index in [1.807, 2.05) is 30.3 Å². The maximum absolute atomic E-state index is 14.0. The Labute approximate surface area is 246 Å². The summed E-state index contributed by atoms with van der Waals surface area (Å²) in [5, 5.41) is -0.0989. The Morgan fingerprint density at radius 1 is 0.951 bits per heavy atom. The molecule has 3 amide bonds. The summed E-state index contributed by atoms with van der Waals surface area (Å²) in [6.07, 6.45) is 0. The first-order valence-electron chi connectivity index (χ1n) is 14.0. The molecule has 41 heavy (non-hydrogen) atoms. The van der Waals surface area contributed by atoms with E-state index in [4.69, 9.17) is 4.74 Å². The summed E-state index contributed by atoms with van der Waals surface area (Å²) in [5.41, 5.74) is 2.49. The second kappa shape index (κ2) is 11.5. The number of benzene rings is 2. The van der Waals surface area contributed by atoms with Crippen molar-refractivity contribution in [2.75, 3.05) is 49.2 Å². The van der Waals surface area contributed by atoms with Gasteiger partial charge in [0.25, 0.3) is 0 Å². The number of anilines is 2. The van der Waals surface area contributed by atoms with Crippen molar-refractivity contribution in [2.45, 2.75) is 36.6 Å². The summed E-state index contributed by atoms with van der Waals surface area (Å²) < 4.78 is 6.87. The molecule has 0 saturated carbocycles. The van der Waals surface area contributed by atoms with Gasteiger partial charge >= 0.3 is 4.87 Å². The van der Waals surface area contributed by atoms with E-state index in [0.29, 0.717) is 37.0 Å². The first-order valence-corrected chi connectivity index (χ1v) is 15.7. The van der Waals surface area contributed by atoms with Gasteiger partial charge in [-0.1, -0.05) is 53.4 Å². The van der Waals surface area contributed by atoms with E-state index >= 15 is 0 Å². The van der Waals surface area contributed by atoms with Crippen LogP contribution < -0.4 is 14.7 Å². The molecular weight excluding hydrogens is 560 g/mol. The Kier molecular flexibility index (Phi) is 7.76. The Hall–Kier alpha value is -3.41. The number of para-hydroxylation sites is 1. The van der Waals surface area contributed by atoms with Crippen LogP contribution in [0.4, 0.5) is 11.4 Å². The number of hydrogen-bond acceptors (Lipinski definition) is 8. The van der Waals surface area contributed by atoms with E-state index in [9.17, 15) is 19.2 Å². The maximum Gasteiger partial charge on any atom is 0.308 e. The highest BCUT2D eigenvalue weighted by atomic mass is 32.2. The summed E-state index contributed by atoms with van der Waals surface area (Å²) in [6.45, 7) is 7.75. The van der Waals surface area contributed by atoms with Gasteiger partial charge in [0.1, 0.15) is 11.8 Å². The van der Waals surface area contributed by atoms with Crippen molar-refractivity contribution < 1.29 is 19.1 Å². The van der Waals surface area contributed by atoms with Gasteiger partial charge in [0.15, 0.2) is 0 Å². The molecule has 6 rings (SSSR count). The molecule has 0 radical (unpaired) electrons. The maximum atomic E-state index is 14.0. The number of carbonyl (C=O) groups is 3. The molecule has 0 N–H and O–H groups in total. The summed E-state index contributed by atoms with van der Waals surface area (Å²) >= 11 is 2.32. The minimum absolute atomic E-state index is 0.104. The van der Waals surface area contributed by atoms with Crippen molar-refractivity contribution in [3.05, 3.63) is 74.7 Å². The van der Waals surface area contributed by atoms with Crippen molar-refractivity contribution >= 4 is 52.2 Å². The van der Waals surface area contributed by atoms with Gasteiger partial charge < -0.3 is 14.5 Å². The number of carbonyl (C=O) groups excluding carboxylic acids is 3. The lowest BCUT2D eigenvalue weighted by molar-refractivity contribution is -0.136. The van der Waals surface area contributed by atoms with Gasteiger partial charge in [-0.3, -0.25) is 23.7 Å². The average Bonchev–Trinajstić information content (AvgIpc) is 3.45. The van der Waals surface area contributed by atoms with E-state index in [2.05, 4.69) is 18.7 Å². The second-order valence-electron chi connectivity index (χ2n) is 10.3. The minimum atomic E-state index is -0.707. The van der Waals surface area contributed by atoms with E-state index in [0.717, 1.165) is 40.6 Å². The number of aromatic nitrogens is 1. The smallest absolute Gasteiger partial charge is 0.308 e. The molecule has 3 aliphatic rings. The predicted molar refractivity (Wildman–Crippen MR) is 160 cm³/mol. The molecule has 2 aromatic carbocycles. The molecule has 3 aliphatic heterocycles. The van der Waals surface area contributed by atoms with E-state index in [1.165, 1.54) is 21.2 Å². The normalized spacial score (nSPS) is 22.0. The molecule has 3 aromatic rings. The number of imide groups is 1. The van der Waals surface area contributed by atoms with E-state index < -0.39 is 17.1 Å². The third-order valence-electron chi connectivity index (χ3n) is 8.10. The topological polar surface area (TPSA) is 92.2 Å². The van der Waals surface area contributed by atoms with Gasteiger partial charge in [0, 0.05) is 42.7 Å². The van der Waals surface area contributed by atoms with Crippen LogP contribution in [0.5, 0.6) is 0 Å². The third-order valence-corrected chi connectivity index (χ3v) is 10.7. The molecule has 0 bridgehead atoms. The van der Waals surface area contributed by atoms with Crippen LogP contribution in [0.2, 0.25) is 0 Å². The van der Waals surface area contributed by atoms with Crippen LogP contribution in [-0.2, 0) is 25.7 Å². The molecule has 2 saturated heterocycles. The number of ether oxygens (including phenoxy) is 1. The van der Waals surface area contributed by atoms with Crippen LogP contribution in [-0.4, -0.2) is 71.8 Å². The van der Waals surface area contributed by atoms with Crippen molar-refractivity contribution in [1.82, 2.24) is 9.47 Å². The Morgan fingerprint density at radius 3 is 2.29 bits per heavy atom. The van der Waals surface area contributed by atoms with Crippen molar-refractivity contribution in [2.24, 2.45) is 5.92 Å². The summed E-state index contributed by atoms with van der Waals surface area (Å²) in [6, 6.07) is 17.1. The summed E-state index contributed by atoms with van der Waals surface area (Å²) in [7, 11) is 0. The molecule has 2 fully saturated rings. The molecule has 214 valence electrons. The zero-order valence-electron chi connectivity index (χ0n) is 23.0. The van der Waals surface area contributed by atoms with Crippen LogP contribution in [0.1, 0.15) is 30.2 Å². The highest BCUT2D eigenvalue weighted by Gasteiger charge is 2.56. The largest absolute Gasteiger partial charge is 0.378 e. The standard InChI is InChI=1S/C30H32N4O5S2/c1-3-31(4-2)20-12-10-19(11-13-20)23-24-25(28(37)34(27(24)36)21-8-6-5-7-9-21)40-29-26(23)41-30(38)33(29)18-22(35)32-14-16-39-17-15-32/h5-13,23-25H,3-4,14-18H2,1-2H3/t23-,24-,25+/m0/s1. The SMILES string of the molecule is CCN(CC)c1ccc([C@@H]2c3sc(=O)n(CC(=O)N4CCOCC4)c3S[C@H]3C(=O)N(c4ccccc4)C(=O)[C@@H]23)cc1. The zero-order valence-corrected chi connectivity index (χ0v) is 24.7. The molecule has 9 nitrogen and oxygen atoms in total. The van der Waals surface area contributed by atoms with Crippen molar-refractivity contribution in [3.8, 4) is 0 Å². The second-order valence-corrected chi connectivity index (χ2v) is 12.4.